The molecule has 1 heterocycles. The van der Waals surface area contributed by atoms with Crippen LogP contribution >= 0.6 is 0 Å². The Morgan fingerprint density at radius 1 is 1.38 bits per heavy atom. The van der Waals surface area contributed by atoms with Crippen molar-refractivity contribution in [3.63, 3.8) is 0 Å². The summed E-state index contributed by atoms with van der Waals surface area (Å²) in [6.07, 6.45) is 2.21. The summed E-state index contributed by atoms with van der Waals surface area (Å²) in [4.78, 5) is 2.20. The topological polar surface area (TPSA) is 15.3 Å². The molecular formula is C13H19FN2. The van der Waals surface area contributed by atoms with Crippen LogP contribution in [0.25, 0.3) is 0 Å². The Morgan fingerprint density at radius 2 is 2.19 bits per heavy atom. The van der Waals surface area contributed by atoms with E-state index in [0.717, 1.165) is 31.5 Å². The summed E-state index contributed by atoms with van der Waals surface area (Å²) in [5.41, 5.74) is 1.02. The first-order valence-electron chi connectivity index (χ1n) is 5.79. The summed E-state index contributed by atoms with van der Waals surface area (Å²) in [6.45, 7) is 1.95. The molecule has 1 aliphatic rings. The predicted molar refractivity (Wildman–Crippen MR) is 63.9 cm³/mol. The maximum Gasteiger partial charge on any atom is 0.123 e. The predicted octanol–water partition coefficient (Wildman–Crippen LogP) is 1.97. The number of hydrogen-bond donors (Lipinski definition) is 1. The molecule has 1 aliphatic heterocycles. The standard InChI is InChI=1S/C13H19FN2/c1-16(2)13(7-4-8-15-10-13)11-5-3-6-12(14)9-11/h3,5-6,9,15H,4,7-8,10H2,1-2H3. The van der Waals surface area contributed by atoms with E-state index >= 15 is 0 Å². The molecule has 1 unspecified atom stereocenters. The second kappa shape index (κ2) is 4.52. The van der Waals surface area contributed by atoms with E-state index < -0.39 is 0 Å². The maximum absolute atomic E-state index is 13.3. The van der Waals surface area contributed by atoms with E-state index in [1.54, 1.807) is 12.1 Å². The lowest BCUT2D eigenvalue weighted by Crippen LogP contribution is -2.52. The molecule has 1 aromatic rings. The van der Waals surface area contributed by atoms with Crippen molar-refractivity contribution in [2.45, 2.75) is 18.4 Å². The van der Waals surface area contributed by atoms with Crippen molar-refractivity contribution in [3.05, 3.63) is 35.6 Å². The van der Waals surface area contributed by atoms with Gasteiger partial charge in [-0.15, -0.1) is 0 Å². The van der Waals surface area contributed by atoms with E-state index in [9.17, 15) is 4.39 Å². The van der Waals surface area contributed by atoms with Crippen LogP contribution < -0.4 is 5.32 Å². The van der Waals surface area contributed by atoms with E-state index in [2.05, 4.69) is 24.3 Å². The number of hydrogen-bond acceptors (Lipinski definition) is 2. The Hall–Kier alpha value is -0.930. The maximum atomic E-state index is 13.3. The van der Waals surface area contributed by atoms with Crippen molar-refractivity contribution < 1.29 is 4.39 Å². The highest BCUT2D eigenvalue weighted by Crippen LogP contribution is 2.33. The quantitative estimate of drug-likeness (QED) is 0.823. The fraction of sp³-hybridized carbons (Fsp3) is 0.538. The first-order chi connectivity index (χ1) is 7.65. The van der Waals surface area contributed by atoms with Crippen LogP contribution in [0.1, 0.15) is 18.4 Å². The lowest BCUT2D eigenvalue weighted by atomic mass is 9.82. The SMILES string of the molecule is CN(C)C1(c2cccc(F)c2)CCCNC1. The van der Waals surface area contributed by atoms with Gasteiger partial charge < -0.3 is 5.32 Å². The van der Waals surface area contributed by atoms with Crippen molar-refractivity contribution in [3.8, 4) is 0 Å². The molecule has 1 N–H and O–H groups in total. The fourth-order valence-electron chi connectivity index (χ4n) is 2.55. The number of piperidine rings is 1. The molecule has 1 aromatic carbocycles. The summed E-state index contributed by atoms with van der Waals surface area (Å²) >= 11 is 0. The van der Waals surface area contributed by atoms with Crippen LogP contribution in [-0.2, 0) is 5.54 Å². The number of rotatable bonds is 2. The van der Waals surface area contributed by atoms with Crippen molar-refractivity contribution in [1.29, 1.82) is 0 Å². The first-order valence-corrected chi connectivity index (χ1v) is 5.79. The Morgan fingerprint density at radius 3 is 2.75 bits per heavy atom. The van der Waals surface area contributed by atoms with Gasteiger partial charge in [-0.3, -0.25) is 4.90 Å². The van der Waals surface area contributed by atoms with Gasteiger partial charge in [0, 0.05) is 6.54 Å². The molecule has 2 rings (SSSR count). The zero-order valence-corrected chi connectivity index (χ0v) is 9.96. The second-order valence-corrected chi connectivity index (χ2v) is 4.72. The van der Waals surface area contributed by atoms with Crippen LogP contribution in [0.5, 0.6) is 0 Å². The smallest absolute Gasteiger partial charge is 0.123 e. The molecule has 0 aromatic heterocycles. The third-order valence-corrected chi connectivity index (χ3v) is 3.58. The molecule has 0 spiro atoms. The Labute approximate surface area is 96.5 Å². The number of nitrogens with zero attached hydrogens (tertiary/aromatic N) is 1. The van der Waals surface area contributed by atoms with Gasteiger partial charge in [0.15, 0.2) is 0 Å². The van der Waals surface area contributed by atoms with Crippen molar-refractivity contribution in [2.75, 3.05) is 27.2 Å². The van der Waals surface area contributed by atoms with E-state index in [0.29, 0.717) is 0 Å². The molecule has 3 heteroatoms. The average Bonchev–Trinajstić information content (AvgIpc) is 2.30. The van der Waals surface area contributed by atoms with Crippen molar-refractivity contribution in [2.24, 2.45) is 0 Å². The van der Waals surface area contributed by atoms with Crippen LogP contribution in [0.15, 0.2) is 24.3 Å². The zero-order valence-electron chi connectivity index (χ0n) is 9.96. The molecule has 88 valence electrons. The van der Waals surface area contributed by atoms with Gasteiger partial charge in [-0.05, 0) is 51.2 Å². The normalized spacial score (nSPS) is 26.0. The molecule has 16 heavy (non-hydrogen) atoms. The molecule has 1 atom stereocenters. The van der Waals surface area contributed by atoms with Crippen molar-refractivity contribution in [1.82, 2.24) is 10.2 Å². The van der Waals surface area contributed by atoms with Crippen LogP contribution in [0.3, 0.4) is 0 Å². The van der Waals surface area contributed by atoms with Gasteiger partial charge in [0.2, 0.25) is 0 Å². The summed E-state index contributed by atoms with van der Waals surface area (Å²) < 4.78 is 13.3. The molecule has 2 nitrogen and oxygen atoms in total. The van der Waals surface area contributed by atoms with Gasteiger partial charge in [0.1, 0.15) is 5.82 Å². The minimum Gasteiger partial charge on any atom is -0.315 e. The Kier molecular flexibility index (Phi) is 3.26. The van der Waals surface area contributed by atoms with Crippen molar-refractivity contribution >= 4 is 0 Å². The second-order valence-electron chi connectivity index (χ2n) is 4.72. The Balaban J connectivity index is 2.38. The zero-order chi connectivity index (χ0) is 11.6. The van der Waals surface area contributed by atoms with Crippen LogP contribution in [0, 0.1) is 5.82 Å². The highest BCUT2D eigenvalue weighted by Gasteiger charge is 2.36. The van der Waals surface area contributed by atoms with E-state index in [-0.39, 0.29) is 11.4 Å². The molecule has 0 saturated carbocycles. The lowest BCUT2D eigenvalue weighted by Gasteiger charge is -2.43. The number of benzene rings is 1. The fourth-order valence-corrected chi connectivity index (χ4v) is 2.55. The van der Waals surface area contributed by atoms with Gasteiger partial charge in [0.05, 0.1) is 5.54 Å². The Bertz CT molecular complexity index is 357. The van der Waals surface area contributed by atoms with E-state index in [4.69, 9.17) is 0 Å². The van der Waals surface area contributed by atoms with Crippen LogP contribution in [0.2, 0.25) is 0 Å². The van der Waals surface area contributed by atoms with Crippen LogP contribution in [0.4, 0.5) is 4.39 Å². The van der Waals surface area contributed by atoms with Gasteiger partial charge in [-0.1, -0.05) is 12.1 Å². The van der Waals surface area contributed by atoms with Gasteiger partial charge in [-0.2, -0.15) is 0 Å². The molecule has 0 bridgehead atoms. The largest absolute Gasteiger partial charge is 0.315 e. The summed E-state index contributed by atoms with van der Waals surface area (Å²) in [5, 5.41) is 3.41. The van der Waals surface area contributed by atoms with E-state index in [1.165, 1.54) is 6.07 Å². The minimum atomic E-state index is -0.149. The highest BCUT2D eigenvalue weighted by atomic mass is 19.1. The van der Waals surface area contributed by atoms with Crippen LogP contribution in [-0.4, -0.2) is 32.1 Å². The van der Waals surface area contributed by atoms with Gasteiger partial charge in [-0.25, -0.2) is 4.39 Å². The monoisotopic (exact) mass is 222 g/mol. The summed E-state index contributed by atoms with van der Waals surface area (Å²) in [5.74, 6) is -0.149. The first kappa shape index (κ1) is 11.6. The molecule has 0 amide bonds. The third kappa shape index (κ3) is 1.97. The summed E-state index contributed by atoms with van der Waals surface area (Å²) in [6, 6.07) is 6.98. The number of likely N-dealkylation sites (N-methyl/N-ethyl adjacent to an activating group) is 1. The molecule has 0 radical (unpaired) electrons. The number of nitrogens with one attached hydrogen (secondary N) is 1. The molecular weight excluding hydrogens is 203 g/mol. The molecule has 1 saturated heterocycles. The van der Waals surface area contributed by atoms with Gasteiger partial charge in [0.25, 0.3) is 0 Å². The van der Waals surface area contributed by atoms with E-state index in [1.807, 2.05) is 6.07 Å². The lowest BCUT2D eigenvalue weighted by molar-refractivity contribution is 0.113. The average molecular weight is 222 g/mol. The minimum absolute atomic E-state index is 0.0552. The van der Waals surface area contributed by atoms with Gasteiger partial charge >= 0.3 is 0 Å². The molecule has 1 fully saturated rings. The number of halogens is 1. The molecule has 0 aliphatic carbocycles. The third-order valence-electron chi connectivity index (χ3n) is 3.58. The summed E-state index contributed by atoms with van der Waals surface area (Å²) in [7, 11) is 4.13. The highest BCUT2D eigenvalue weighted by molar-refractivity contribution is 5.26.